The number of anilines is 1. The lowest BCUT2D eigenvalue weighted by molar-refractivity contribution is -0.115. The molecule has 0 spiro atoms. The Morgan fingerprint density at radius 1 is 1.57 bits per heavy atom. The first-order valence-electron chi connectivity index (χ1n) is 4.54. The Bertz CT molecular complexity index is 428. The van der Waals surface area contributed by atoms with E-state index in [4.69, 9.17) is 0 Å². The highest BCUT2D eigenvalue weighted by Gasteiger charge is 2.02. The van der Waals surface area contributed by atoms with Crippen molar-refractivity contribution in [2.45, 2.75) is 13.3 Å². The van der Waals surface area contributed by atoms with Crippen molar-refractivity contribution in [3.63, 3.8) is 0 Å². The number of pyridine rings is 1. The molecule has 0 saturated heterocycles. The van der Waals surface area contributed by atoms with Crippen LogP contribution in [0.3, 0.4) is 0 Å². The molecule has 0 saturated carbocycles. The highest BCUT2D eigenvalue weighted by atomic mass is 16.1. The lowest BCUT2D eigenvalue weighted by Crippen LogP contribution is -2.09. The molecule has 0 radical (unpaired) electrons. The highest BCUT2D eigenvalue weighted by Crippen LogP contribution is 2.09. The molecule has 0 unspecified atom stereocenters. The second-order valence-corrected chi connectivity index (χ2v) is 3.00. The summed E-state index contributed by atoms with van der Waals surface area (Å²) >= 11 is 0. The maximum atomic E-state index is 11.1. The Morgan fingerprint density at radius 2 is 2.43 bits per heavy atom. The summed E-state index contributed by atoms with van der Waals surface area (Å²) < 4.78 is 1.73. The van der Waals surface area contributed by atoms with Crippen LogP contribution in [0.25, 0.3) is 5.52 Å². The van der Waals surface area contributed by atoms with E-state index in [1.807, 2.05) is 37.4 Å². The fourth-order valence-electron chi connectivity index (χ4n) is 1.23. The lowest BCUT2D eigenvalue weighted by Gasteiger charge is -1.95. The lowest BCUT2D eigenvalue weighted by atomic mass is 10.4. The van der Waals surface area contributed by atoms with Gasteiger partial charge in [-0.3, -0.25) is 4.79 Å². The van der Waals surface area contributed by atoms with E-state index < -0.39 is 0 Å². The second-order valence-electron chi connectivity index (χ2n) is 3.00. The van der Waals surface area contributed by atoms with Gasteiger partial charge in [-0.25, -0.2) is 4.52 Å². The third-order valence-electron chi connectivity index (χ3n) is 1.96. The number of fused-ring (bicyclic) bond motifs is 1. The first-order valence-corrected chi connectivity index (χ1v) is 4.54. The monoisotopic (exact) mass is 189 g/mol. The molecule has 72 valence electrons. The highest BCUT2D eigenvalue weighted by molar-refractivity contribution is 5.90. The number of hydrogen-bond donors (Lipinski definition) is 1. The summed E-state index contributed by atoms with van der Waals surface area (Å²) in [5.74, 6) is 0.580. The van der Waals surface area contributed by atoms with Crippen molar-refractivity contribution in [1.29, 1.82) is 0 Å². The standard InChI is InChI=1S/C10H11N3O/c1-2-10(14)11-9-7-8-5-3-4-6-13(8)12-9/h3-7H,2H2,1H3,(H,11,12,14). The van der Waals surface area contributed by atoms with E-state index in [0.717, 1.165) is 5.52 Å². The van der Waals surface area contributed by atoms with Crippen LogP contribution in [0.2, 0.25) is 0 Å². The van der Waals surface area contributed by atoms with E-state index in [9.17, 15) is 4.79 Å². The van der Waals surface area contributed by atoms with Crippen LogP contribution in [0.15, 0.2) is 30.5 Å². The van der Waals surface area contributed by atoms with E-state index in [-0.39, 0.29) is 5.91 Å². The zero-order valence-electron chi connectivity index (χ0n) is 7.90. The number of nitrogens with one attached hydrogen (secondary N) is 1. The Hall–Kier alpha value is -1.84. The van der Waals surface area contributed by atoms with Gasteiger partial charge in [0.15, 0.2) is 5.82 Å². The second kappa shape index (κ2) is 3.49. The molecule has 2 aromatic heterocycles. The van der Waals surface area contributed by atoms with Crippen molar-refractivity contribution in [2.75, 3.05) is 5.32 Å². The van der Waals surface area contributed by atoms with Crippen molar-refractivity contribution in [2.24, 2.45) is 0 Å². The van der Waals surface area contributed by atoms with Crippen molar-refractivity contribution < 1.29 is 4.79 Å². The smallest absolute Gasteiger partial charge is 0.225 e. The Labute approximate surface area is 81.5 Å². The molecular formula is C10H11N3O. The molecule has 0 aliphatic heterocycles. The van der Waals surface area contributed by atoms with E-state index in [2.05, 4.69) is 10.4 Å². The predicted octanol–water partition coefficient (Wildman–Crippen LogP) is 1.68. The molecule has 1 amide bonds. The summed E-state index contributed by atoms with van der Waals surface area (Å²) in [4.78, 5) is 11.1. The third kappa shape index (κ3) is 1.59. The van der Waals surface area contributed by atoms with Gasteiger partial charge in [0.05, 0.1) is 5.52 Å². The van der Waals surface area contributed by atoms with Crippen molar-refractivity contribution in [3.05, 3.63) is 30.5 Å². The van der Waals surface area contributed by atoms with Gasteiger partial charge in [0.1, 0.15) is 0 Å². The van der Waals surface area contributed by atoms with Crippen molar-refractivity contribution in [3.8, 4) is 0 Å². The minimum absolute atomic E-state index is 0.0200. The topological polar surface area (TPSA) is 46.4 Å². The zero-order valence-corrected chi connectivity index (χ0v) is 7.90. The van der Waals surface area contributed by atoms with Crippen LogP contribution in [0.5, 0.6) is 0 Å². The quantitative estimate of drug-likeness (QED) is 0.781. The molecule has 2 heterocycles. The van der Waals surface area contributed by atoms with Gasteiger partial charge in [-0.15, -0.1) is 0 Å². The zero-order chi connectivity index (χ0) is 9.97. The summed E-state index contributed by atoms with van der Waals surface area (Å²) in [5, 5.41) is 6.90. The molecule has 14 heavy (non-hydrogen) atoms. The summed E-state index contributed by atoms with van der Waals surface area (Å²) in [7, 11) is 0. The van der Waals surface area contributed by atoms with E-state index in [0.29, 0.717) is 12.2 Å². The summed E-state index contributed by atoms with van der Waals surface area (Å²) in [6, 6.07) is 7.61. The predicted molar refractivity (Wildman–Crippen MR) is 54.1 cm³/mol. The molecule has 0 atom stereocenters. The molecule has 0 aromatic carbocycles. The number of rotatable bonds is 2. The normalized spacial score (nSPS) is 10.4. The Balaban J connectivity index is 2.31. The largest absolute Gasteiger partial charge is 0.309 e. The number of aromatic nitrogens is 2. The summed E-state index contributed by atoms with van der Waals surface area (Å²) in [5.41, 5.74) is 0.971. The van der Waals surface area contributed by atoms with Crippen molar-refractivity contribution >= 4 is 17.2 Å². The molecule has 0 aliphatic carbocycles. The van der Waals surface area contributed by atoms with Crippen LogP contribution in [-0.2, 0) is 4.79 Å². The van der Waals surface area contributed by atoms with E-state index in [1.54, 1.807) is 4.52 Å². The van der Waals surface area contributed by atoms with Gasteiger partial charge in [-0.05, 0) is 12.1 Å². The first-order chi connectivity index (χ1) is 6.79. The van der Waals surface area contributed by atoms with Gasteiger partial charge in [0.2, 0.25) is 5.91 Å². The fourth-order valence-corrected chi connectivity index (χ4v) is 1.23. The maximum absolute atomic E-state index is 11.1. The third-order valence-corrected chi connectivity index (χ3v) is 1.96. The van der Waals surface area contributed by atoms with E-state index in [1.165, 1.54) is 0 Å². The maximum Gasteiger partial charge on any atom is 0.225 e. The van der Waals surface area contributed by atoms with Gasteiger partial charge in [-0.1, -0.05) is 13.0 Å². The molecule has 0 aliphatic rings. The van der Waals surface area contributed by atoms with Crippen LogP contribution in [0.1, 0.15) is 13.3 Å². The van der Waals surface area contributed by atoms with Crippen LogP contribution >= 0.6 is 0 Å². The summed E-state index contributed by atoms with van der Waals surface area (Å²) in [6.07, 6.45) is 2.31. The van der Waals surface area contributed by atoms with Gasteiger partial charge in [0.25, 0.3) is 0 Å². The average Bonchev–Trinajstić information content (AvgIpc) is 2.59. The average molecular weight is 189 g/mol. The number of hydrogen-bond acceptors (Lipinski definition) is 2. The minimum atomic E-state index is -0.0200. The molecule has 1 N–H and O–H groups in total. The van der Waals surface area contributed by atoms with Crippen LogP contribution in [0.4, 0.5) is 5.82 Å². The SMILES string of the molecule is CCC(=O)Nc1cc2ccccn2n1. The molecule has 2 rings (SSSR count). The van der Waals surface area contributed by atoms with Gasteiger partial charge in [-0.2, -0.15) is 5.10 Å². The first kappa shape index (κ1) is 8.74. The number of amides is 1. The minimum Gasteiger partial charge on any atom is -0.309 e. The number of carbonyl (C=O) groups is 1. The Morgan fingerprint density at radius 3 is 3.14 bits per heavy atom. The van der Waals surface area contributed by atoms with Gasteiger partial charge in [0, 0.05) is 18.7 Å². The van der Waals surface area contributed by atoms with Crippen LogP contribution in [0, 0.1) is 0 Å². The number of carbonyl (C=O) groups excluding carboxylic acids is 1. The molecule has 2 aromatic rings. The van der Waals surface area contributed by atoms with Crippen LogP contribution in [-0.4, -0.2) is 15.5 Å². The van der Waals surface area contributed by atoms with Crippen LogP contribution < -0.4 is 5.32 Å². The molecule has 4 heteroatoms. The van der Waals surface area contributed by atoms with Gasteiger partial charge >= 0.3 is 0 Å². The van der Waals surface area contributed by atoms with Gasteiger partial charge < -0.3 is 5.32 Å². The molecule has 0 bridgehead atoms. The van der Waals surface area contributed by atoms with E-state index >= 15 is 0 Å². The summed E-state index contributed by atoms with van der Waals surface area (Å²) in [6.45, 7) is 1.81. The molecule has 0 fully saturated rings. The molecule has 4 nitrogen and oxygen atoms in total. The fraction of sp³-hybridized carbons (Fsp3) is 0.200. The number of nitrogens with zero attached hydrogens (tertiary/aromatic N) is 2. The molecular weight excluding hydrogens is 178 g/mol. The Kier molecular flexibility index (Phi) is 2.18. The van der Waals surface area contributed by atoms with Crippen molar-refractivity contribution in [1.82, 2.24) is 9.61 Å².